The van der Waals surface area contributed by atoms with E-state index >= 15 is 0 Å². The second kappa shape index (κ2) is 8.87. The van der Waals surface area contributed by atoms with E-state index in [9.17, 15) is 9.00 Å². The van der Waals surface area contributed by atoms with E-state index in [1.165, 1.54) is 31.9 Å². The molecule has 1 amide bonds. The predicted molar refractivity (Wildman–Crippen MR) is 79.3 cm³/mol. The zero-order valence-corrected chi connectivity index (χ0v) is 13.5. The Morgan fingerprint density at radius 3 is 2.72 bits per heavy atom. The standard InChI is InChI=1S/C11H19IN2O3S/c1-2-3-4-5-6-7-8-10-9-17-18(16)14(12)13-11(10)15/h9H,2-8H2,1H3,(H,13,15). The summed E-state index contributed by atoms with van der Waals surface area (Å²) in [7, 11) is 0. The Morgan fingerprint density at radius 2 is 2.00 bits per heavy atom. The summed E-state index contributed by atoms with van der Waals surface area (Å²) in [5.41, 5.74) is 3.04. The number of rotatable bonds is 7. The molecule has 1 atom stereocenters. The molecule has 1 heterocycles. The van der Waals surface area contributed by atoms with Crippen LogP contribution in [0.2, 0.25) is 0 Å². The molecule has 0 aliphatic carbocycles. The largest absolute Gasteiger partial charge is 0.395 e. The first kappa shape index (κ1) is 15.9. The van der Waals surface area contributed by atoms with Gasteiger partial charge in [-0.1, -0.05) is 39.0 Å². The number of nitrogens with zero attached hydrogens (tertiary/aromatic N) is 1. The molecule has 0 radical (unpaired) electrons. The number of carbonyl (C=O) groups excluding carboxylic acids is 1. The first-order valence-electron chi connectivity index (χ1n) is 6.20. The Bertz CT molecular complexity index is 336. The van der Waals surface area contributed by atoms with Gasteiger partial charge in [0, 0.05) is 0 Å². The van der Waals surface area contributed by atoms with Crippen molar-refractivity contribution in [2.24, 2.45) is 0 Å². The minimum Gasteiger partial charge on any atom is -0.395 e. The number of carbonyl (C=O) groups is 1. The summed E-state index contributed by atoms with van der Waals surface area (Å²) in [6.07, 6.45) is 9.02. The maximum Gasteiger partial charge on any atom is 0.319 e. The van der Waals surface area contributed by atoms with Gasteiger partial charge in [0.1, 0.15) is 6.26 Å². The van der Waals surface area contributed by atoms with Crippen LogP contribution in [0.4, 0.5) is 0 Å². The highest BCUT2D eigenvalue weighted by Crippen LogP contribution is 2.16. The molecule has 0 fully saturated rings. The van der Waals surface area contributed by atoms with Gasteiger partial charge < -0.3 is 4.18 Å². The first-order valence-corrected chi connectivity index (χ1v) is 8.19. The highest BCUT2D eigenvalue weighted by molar-refractivity contribution is 14.1. The van der Waals surface area contributed by atoms with E-state index in [-0.39, 0.29) is 5.91 Å². The van der Waals surface area contributed by atoms with Crippen LogP contribution in [-0.2, 0) is 20.2 Å². The van der Waals surface area contributed by atoms with Crippen molar-refractivity contribution in [3.05, 3.63) is 11.8 Å². The molecule has 1 N–H and O–H groups in total. The minimum absolute atomic E-state index is 0.233. The van der Waals surface area contributed by atoms with Crippen molar-refractivity contribution in [3.63, 3.8) is 0 Å². The van der Waals surface area contributed by atoms with Gasteiger partial charge in [-0.15, -0.1) is 0 Å². The molecule has 1 unspecified atom stereocenters. The molecule has 0 spiro atoms. The highest BCUT2D eigenvalue weighted by atomic mass is 127. The van der Waals surface area contributed by atoms with Gasteiger partial charge in [-0.25, -0.2) is 0 Å². The number of hydrazine groups is 1. The van der Waals surface area contributed by atoms with E-state index in [4.69, 9.17) is 4.18 Å². The summed E-state index contributed by atoms with van der Waals surface area (Å²) >= 11 is 0.0922. The van der Waals surface area contributed by atoms with Crippen molar-refractivity contribution in [2.45, 2.75) is 51.9 Å². The Hall–Kier alpha value is -0.150. The number of nitrogens with one attached hydrogen (secondary N) is 1. The maximum absolute atomic E-state index is 11.7. The zero-order valence-electron chi connectivity index (χ0n) is 10.5. The van der Waals surface area contributed by atoms with Gasteiger partial charge in [0.15, 0.2) is 0 Å². The smallest absolute Gasteiger partial charge is 0.319 e. The van der Waals surface area contributed by atoms with Crippen LogP contribution in [0.5, 0.6) is 0 Å². The summed E-state index contributed by atoms with van der Waals surface area (Å²) in [5, 5.41) is 0. The van der Waals surface area contributed by atoms with Crippen molar-refractivity contribution < 1.29 is 13.2 Å². The minimum atomic E-state index is -1.64. The van der Waals surface area contributed by atoms with Crippen molar-refractivity contribution in [2.75, 3.05) is 0 Å². The lowest BCUT2D eigenvalue weighted by Crippen LogP contribution is -2.35. The Balaban J connectivity index is 2.28. The van der Waals surface area contributed by atoms with Gasteiger partial charge in [-0.3, -0.25) is 10.2 Å². The lowest BCUT2D eigenvalue weighted by atomic mass is 10.1. The molecular weight excluding hydrogens is 367 g/mol. The second-order valence-electron chi connectivity index (χ2n) is 4.16. The zero-order chi connectivity index (χ0) is 13.4. The molecule has 1 rings (SSSR count). The molecule has 1 aliphatic rings. The van der Waals surface area contributed by atoms with Gasteiger partial charge in [0.25, 0.3) is 5.91 Å². The van der Waals surface area contributed by atoms with Crippen LogP contribution in [0.1, 0.15) is 51.9 Å². The number of halogens is 1. The predicted octanol–water partition coefficient (Wildman–Crippen LogP) is 2.91. The molecule has 1 aliphatic heterocycles. The number of hydrogen-bond donors (Lipinski definition) is 1. The third-order valence-corrected chi connectivity index (χ3v) is 4.50. The number of amides is 1. The molecule has 0 bridgehead atoms. The summed E-state index contributed by atoms with van der Waals surface area (Å²) in [5.74, 6) is -0.233. The van der Waals surface area contributed by atoms with Crippen molar-refractivity contribution in [1.82, 2.24) is 8.05 Å². The Morgan fingerprint density at radius 1 is 1.33 bits per heavy atom. The summed E-state index contributed by atoms with van der Waals surface area (Å²) in [6, 6.07) is 0. The number of unbranched alkanes of at least 4 members (excludes halogenated alkanes) is 5. The molecule has 104 valence electrons. The second-order valence-corrected chi connectivity index (χ2v) is 6.77. The van der Waals surface area contributed by atoms with E-state index < -0.39 is 11.3 Å². The molecule has 0 aromatic rings. The summed E-state index contributed by atoms with van der Waals surface area (Å²) in [4.78, 5) is 11.7. The van der Waals surface area contributed by atoms with E-state index in [0.29, 0.717) is 12.0 Å². The molecule has 0 saturated heterocycles. The molecular formula is C11H19IN2O3S. The average Bonchev–Trinajstić information content (AvgIpc) is 2.46. The van der Waals surface area contributed by atoms with Crippen molar-refractivity contribution in [3.8, 4) is 0 Å². The van der Waals surface area contributed by atoms with Crippen LogP contribution in [0.15, 0.2) is 11.8 Å². The van der Waals surface area contributed by atoms with Crippen LogP contribution < -0.4 is 5.43 Å². The molecule has 0 aromatic carbocycles. The van der Waals surface area contributed by atoms with Crippen LogP contribution in [0.25, 0.3) is 0 Å². The lowest BCUT2D eigenvalue weighted by Gasteiger charge is -2.08. The molecule has 0 aromatic heterocycles. The third-order valence-electron chi connectivity index (χ3n) is 2.68. The van der Waals surface area contributed by atoms with Crippen LogP contribution in [0.3, 0.4) is 0 Å². The Kier molecular flexibility index (Phi) is 7.84. The van der Waals surface area contributed by atoms with E-state index in [0.717, 1.165) is 15.5 Å². The van der Waals surface area contributed by atoms with E-state index in [1.807, 2.05) is 0 Å². The van der Waals surface area contributed by atoms with Crippen molar-refractivity contribution >= 4 is 40.0 Å². The summed E-state index contributed by atoms with van der Waals surface area (Å²) in [6.45, 7) is 2.19. The molecule has 5 nitrogen and oxygen atoms in total. The molecule has 7 heteroatoms. The SMILES string of the molecule is CCCCCCCCC1=COS(=O)N(I)NC1=O. The maximum atomic E-state index is 11.7. The van der Waals surface area contributed by atoms with Crippen molar-refractivity contribution in [1.29, 1.82) is 0 Å². The summed E-state index contributed by atoms with van der Waals surface area (Å²) < 4.78 is 17.4. The Labute approximate surface area is 125 Å². The quantitative estimate of drug-likeness (QED) is 0.416. The monoisotopic (exact) mass is 386 g/mol. The van der Waals surface area contributed by atoms with Crippen LogP contribution in [0, 0.1) is 0 Å². The molecule has 0 saturated carbocycles. The first-order chi connectivity index (χ1) is 8.65. The topological polar surface area (TPSA) is 58.6 Å². The highest BCUT2D eigenvalue weighted by Gasteiger charge is 2.21. The fourth-order valence-corrected chi connectivity index (χ4v) is 2.58. The molecule has 18 heavy (non-hydrogen) atoms. The number of hydrogen-bond acceptors (Lipinski definition) is 3. The van der Waals surface area contributed by atoms with Gasteiger partial charge >= 0.3 is 11.3 Å². The van der Waals surface area contributed by atoms with Gasteiger partial charge in [0.2, 0.25) is 0 Å². The van der Waals surface area contributed by atoms with Gasteiger partial charge in [0.05, 0.1) is 28.4 Å². The average molecular weight is 386 g/mol. The fourth-order valence-electron chi connectivity index (χ4n) is 1.65. The lowest BCUT2D eigenvalue weighted by molar-refractivity contribution is -0.118. The fraction of sp³-hybridized carbons (Fsp3) is 0.727. The third kappa shape index (κ3) is 5.66. The van der Waals surface area contributed by atoms with E-state index in [1.54, 1.807) is 22.9 Å². The normalized spacial score (nSPS) is 20.9. The van der Waals surface area contributed by atoms with E-state index in [2.05, 4.69) is 12.3 Å². The van der Waals surface area contributed by atoms with Crippen LogP contribution in [-0.4, -0.2) is 12.7 Å². The van der Waals surface area contributed by atoms with Crippen LogP contribution >= 0.6 is 22.9 Å². The van der Waals surface area contributed by atoms with Gasteiger partial charge in [-0.2, -0.15) is 4.21 Å². The van der Waals surface area contributed by atoms with Gasteiger partial charge in [-0.05, 0) is 15.5 Å².